The number of nitrogens with one attached hydrogen (secondary N) is 2. The molecule has 1 aliphatic heterocycles. The van der Waals surface area contributed by atoms with E-state index in [1.165, 1.54) is 0 Å². The molecule has 1 saturated heterocycles. The molecule has 1 aromatic carbocycles. The van der Waals surface area contributed by atoms with Gasteiger partial charge in [0.15, 0.2) is 9.84 Å². The van der Waals surface area contributed by atoms with Crippen molar-refractivity contribution in [3.63, 3.8) is 0 Å². The highest BCUT2D eigenvalue weighted by molar-refractivity contribution is 7.91. The van der Waals surface area contributed by atoms with Crippen molar-refractivity contribution < 1.29 is 13.2 Å². The van der Waals surface area contributed by atoms with E-state index in [2.05, 4.69) is 10.6 Å². The summed E-state index contributed by atoms with van der Waals surface area (Å²) in [4.78, 5) is 12.2. The van der Waals surface area contributed by atoms with Gasteiger partial charge in [-0.15, -0.1) is 12.4 Å². The highest BCUT2D eigenvalue weighted by Gasteiger charge is 2.20. The molecule has 2 N–H and O–H groups in total. The van der Waals surface area contributed by atoms with Crippen molar-refractivity contribution >= 4 is 28.2 Å². The van der Waals surface area contributed by atoms with Crippen LogP contribution in [0.15, 0.2) is 35.2 Å². The van der Waals surface area contributed by atoms with Crippen LogP contribution < -0.4 is 10.6 Å². The number of rotatable bonds is 6. The number of benzene rings is 1. The molecule has 0 spiro atoms. The number of amides is 1. The Labute approximate surface area is 138 Å². The normalized spacial score (nSPS) is 18.3. The molecule has 1 amide bonds. The second-order valence-corrected chi connectivity index (χ2v) is 7.43. The lowest BCUT2D eigenvalue weighted by Crippen LogP contribution is -2.41. The molecule has 0 radical (unpaired) electrons. The van der Waals surface area contributed by atoms with Crippen LogP contribution in [-0.2, 0) is 14.6 Å². The third kappa shape index (κ3) is 5.59. The van der Waals surface area contributed by atoms with Crippen molar-refractivity contribution in [1.29, 1.82) is 0 Å². The molecule has 1 unspecified atom stereocenters. The highest BCUT2D eigenvalue weighted by atomic mass is 35.5. The van der Waals surface area contributed by atoms with E-state index in [0.29, 0.717) is 24.4 Å². The van der Waals surface area contributed by atoms with Gasteiger partial charge in [0.1, 0.15) is 0 Å². The highest BCUT2D eigenvalue weighted by Crippen LogP contribution is 2.11. The van der Waals surface area contributed by atoms with Crippen molar-refractivity contribution in [2.24, 2.45) is 5.92 Å². The van der Waals surface area contributed by atoms with Gasteiger partial charge in [0.2, 0.25) is 5.91 Å². The largest absolute Gasteiger partial charge is 0.356 e. The Bertz CT molecular complexity index is 557. The Morgan fingerprint density at radius 3 is 2.64 bits per heavy atom. The molecule has 7 heteroatoms. The van der Waals surface area contributed by atoms with Gasteiger partial charge in [-0.3, -0.25) is 4.79 Å². The first-order valence-electron chi connectivity index (χ1n) is 7.36. The topological polar surface area (TPSA) is 75.3 Å². The summed E-state index contributed by atoms with van der Waals surface area (Å²) in [5, 5.41) is 6.03. The first-order chi connectivity index (χ1) is 10.1. The molecule has 5 nitrogen and oxygen atoms in total. The maximum absolute atomic E-state index is 12.1. The van der Waals surface area contributed by atoms with Gasteiger partial charge in [-0.2, -0.15) is 0 Å². The zero-order valence-electron chi connectivity index (χ0n) is 12.5. The Hall–Kier alpha value is -1.11. The predicted octanol–water partition coefficient (Wildman–Crippen LogP) is 1.39. The van der Waals surface area contributed by atoms with Gasteiger partial charge in [-0.25, -0.2) is 8.42 Å². The zero-order chi connectivity index (χ0) is 15.1. The van der Waals surface area contributed by atoms with Crippen LogP contribution in [0.5, 0.6) is 0 Å². The summed E-state index contributed by atoms with van der Waals surface area (Å²) < 4.78 is 24.1. The van der Waals surface area contributed by atoms with Crippen molar-refractivity contribution in [3.05, 3.63) is 30.3 Å². The lowest BCUT2D eigenvalue weighted by Gasteiger charge is -2.21. The van der Waals surface area contributed by atoms with E-state index < -0.39 is 9.84 Å². The smallest absolute Gasteiger partial charge is 0.224 e. The Morgan fingerprint density at radius 2 is 2.00 bits per heavy atom. The monoisotopic (exact) mass is 346 g/mol. The van der Waals surface area contributed by atoms with Gasteiger partial charge in [0.25, 0.3) is 0 Å². The van der Waals surface area contributed by atoms with E-state index in [4.69, 9.17) is 0 Å². The van der Waals surface area contributed by atoms with Crippen LogP contribution in [0.3, 0.4) is 0 Å². The molecule has 1 aliphatic rings. The van der Waals surface area contributed by atoms with Gasteiger partial charge in [0.05, 0.1) is 16.6 Å². The van der Waals surface area contributed by atoms with E-state index in [-0.39, 0.29) is 30.0 Å². The van der Waals surface area contributed by atoms with Crippen LogP contribution in [0, 0.1) is 5.92 Å². The molecule has 1 aromatic rings. The van der Waals surface area contributed by atoms with Gasteiger partial charge < -0.3 is 10.6 Å². The molecule has 22 heavy (non-hydrogen) atoms. The minimum absolute atomic E-state index is 0. The second kappa shape index (κ2) is 9.12. The predicted molar refractivity (Wildman–Crippen MR) is 89.0 cm³/mol. The average Bonchev–Trinajstić information content (AvgIpc) is 2.53. The van der Waals surface area contributed by atoms with Crippen molar-refractivity contribution in [2.75, 3.05) is 25.4 Å². The molecule has 0 bridgehead atoms. The first-order valence-corrected chi connectivity index (χ1v) is 9.01. The molecule has 1 fully saturated rings. The summed E-state index contributed by atoms with van der Waals surface area (Å²) in [6, 6.07) is 8.41. The third-order valence-electron chi connectivity index (χ3n) is 3.66. The van der Waals surface area contributed by atoms with E-state index in [9.17, 15) is 13.2 Å². The van der Waals surface area contributed by atoms with E-state index in [1.54, 1.807) is 30.3 Å². The molecule has 0 aliphatic carbocycles. The molecule has 0 saturated carbocycles. The van der Waals surface area contributed by atoms with Gasteiger partial charge in [0, 0.05) is 13.1 Å². The fourth-order valence-electron chi connectivity index (χ4n) is 2.44. The van der Waals surface area contributed by atoms with Gasteiger partial charge >= 0.3 is 0 Å². The van der Waals surface area contributed by atoms with Crippen LogP contribution in [0.1, 0.15) is 19.3 Å². The summed E-state index contributed by atoms with van der Waals surface area (Å²) in [6.45, 7) is 2.09. The molecule has 0 aromatic heterocycles. The zero-order valence-corrected chi connectivity index (χ0v) is 14.1. The van der Waals surface area contributed by atoms with E-state index in [1.807, 2.05) is 0 Å². The number of sulfone groups is 1. The summed E-state index contributed by atoms with van der Waals surface area (Å²) in [5.74, 6) is 0.101. The Morgan fingerprint density at radius 1 is 1.27 bits per heavy atom. The van der Waals surface area contributed by atoms with Gasteiger partial charge in [-0.05, 0) is 37.9 Å². The lowest BCUT2D eigenvalue weighted by atomic mass is 9.99. The van der Waals surface area contributed by atoms with Crippen molar-refractivity contribution in [3.8, 4) is 0 Å². The van der Waals surface area contributed by atoms with Gasteiger partial charge in [-0.1, -0.05) is 18.2 Å². The maximum atomic E-state index is 12.1. The molecular formula is C15H23ClN2O3S. The summed E-state index contributed by atoms with van der Waals surface area (Å²) in [5.41, 5.74) is 0. The minimum Gasteiger partial charge on any atom is -0.356 e. The van der Waals surface area contributed by atoms with Crippen molar-refractivity contribution in [1.82, 2.24) is 10.6 Å². The molecular weight excluding hydrogens is 324 g/mol. The van der Waals surface area contributed by atoms with Crippen LogP contribution >= 0.6 is 12.4 Å². The standard InChI is InChI=1S/C15H22N2O3S.ClH/c18-15(13-6-4-9-16-12-13)17-10-5-11-21(19,20)14-7-2-1-3-8-14;/h1-3,7-8,13,16H,4-6,9-12H2,(H,17,18);1H. The summed E-state index contributed by atoms with van der Waals surface area (Å²) in [6.07, 6.45) is 2.35. The number of piperidine rings is 1. The van der Waals surface area contributed by atoms with Crippen LogP contribution in [0.25, 0.3) is 0 Å². The fourth-order valence-corrected chi connectivity index (χ4v) is 3.77. The number of hydrogen-bond acceptors (Lipinski definition) is 4. The average molecular weight is 347 g/mol. The number of carbonyl (C=O) groups excluding carboxylic acids is 1. The summed E-state index contributed by atoms with van der Waals surface area (Å²) in [7, 11) is -3.25. The Balaban J connectivity index is 0.00000242. The first kappa shape index (κ1) is 18.9. The van der Waals surface area contributed by atoms with Crippen molar-refractivity contribution in [2.45, 2.75) is 24.2 Å². The summed E-state index contributed by atoms with van der Waals surface area (Å²) >= 11 is 0. The Kier molecular flexibility index (Phi) is 7.85. The van der Waals surface area contributed by atoms with E-state index >= 15 is 0 Å². The minimum atomic E-state index is -3.25. The molecule has 1 atom stereocenters. The van der Waals surface area contributed by atoms with Crippen LogP contribution in [0.4, 0.5) is 0 Å². The SMILES string of the molecule is Cl.O=C(NCCCS(=O)(=O)c1ccccc1)C1CCCNC1. The number of hydrogen-bond donors (Lipinski definition) is 2. The number of carbonyl (C=O) groups is 1. The maximum Gasteiger partial charge on any atom is 0.224 e. The molecule has 1 heterocycles. The van der Waals surface area contributed by atoms with Crippen LogP contribution in [0.2, 0.25) is 0 Å². The second-order valence-electron chi connectivity index (χ2n) is 5.32. The van der Waals surface area contributed by atoms with Crippen LogP contribution in [-0.4, -0.2) is 39.7 Å². The van der Waals surface area contributed by atoms with E-state index in [0.717, 1.165) is 19.4 Å². The third-order valence-corrected chi connectivity index (χ3v) is 5.48. The quantitative estimate of drug-likeness (QED) is 0.763. The molecule has 124 valence electrons. The molecule has 2 rings (SSSR count). The lowest BCUT2D eigenvalue weighted by molar-refractivity contribution is -0.125. The number of halogens is 1. The fraction of sp³-hybridized carbons (Fsp3) is 0.533.